The Hall–Kier alpha value is -2.57. The van der Waals surface area contributed by atoms with Gasteiger partial charge in [0.05, 0.1) is 11.3 Å². The van der Waals surface area contributed by atoms with Gasteiger partial charge in [0.15, 0.2) is 11.5 Å². The van der Waals surface area contributed by atoms with E-state index in [1.54, 1.807) is 10.6 Å². The molecule has 7 heteroatoms. The first-order chi connectivity index (χ1) is 9.47. The Kier molecular flexibility index (Phi) is 2.63. The molecule has 3 rings (SSSR count). The largest absolute Gasteiger partial charge is 0.417 e. The van der Waals surface area contributed by atoms with Crippen LogP contribution in [0.25, 0.3) is 16.9 Å². The van der Waals surface area contributed by atoms with Gasteiger partial charge in [0.1, 0.15) is 6.33 Å². The molecule has 1 aromatic carbocycles. The summed E-state index contributed by atoms with van der Waals surface area (Å²) < 4.78 is 40.5. The zero-order valence-electron chi connectivity index (χ0n) is 10.1. The van der Waals surface area contributed by atoms with Gasteiger partial charge in [-0.05, 0) is 12.1 Å². The van der Waals surface area contributed by atoms with E-state index in [1.807, 2.05) is 0 Å². The summed E-state index contributed by atoms with van der Waals surface area (Å²) in [4.78, 5) is 8.01. The minimum Gasteiger partial charge on any atom is -0.381 e. The first-order valence-corrected chi connectivity index (χ1v) is 5.72. The molecule has 0 fully saturated rings. The van der Waals surface area contributed by atoms with Crippen molar-refractivity contribution in [1.29, 1.82) is 0 Å². The van der Waals surface area contributed by atoms with Crippen molar-refractivity contribution in [3.05, 3.63) is 48.4 Å². The minimum absolute atomic E-state index is 0.0168. The standard InChI is InChI=1S/C13H9F3N4/c14-13(15,16)9-4-2-1-3-8(9)10-5-6-20-7-18-11(17)12(20)19-10/h1-7H,17H2. The number of fused-ring (bicyclic) bond motifs is 1. The van der Waals surface area contributed by atoms with Gasteiger partial charge in [0.2, 0.25) is 0 Å². The third-order valence-corrected chi connectivity index (χ3v) is 2.92. The maximum atomic E-state index is 13.0. The average Bonchev–Trinajstić information content (AvgIpc) is 2.79. The van der Waals surface area contributed by atoms with Gasteiger partial charge in [-0.1, -0.05) is 18.2 Å². The molecule has 0 bridgehead atoms. The first-order valence-electron chi connectivity index (χ1n) is 5.72. The summed E-state index contributed by atoms with van der Waals surface area (Å²) in [6.07, 6.45) is -1.40. The van der Waals surface area contributed by atoms with Gasteiger partial charge in [-0.3, -0.25) is 4.40 Å². The minimum atomic E-state index is -4.43. The molecule has 0 aliphatic carbocycles. The van der Waals surface area contributed by atoms with E-state index in [-0.39, 0.29) is 17.1 Å². The number of benzene rings is 1. The Morgan fingerprint density at radius 2 is 1.85 bits per heavy atom. The molecule has 0 aliphatic rings. The van der Waals surface area contributed by atoms with E-state index >= 15 is 0 Å². The summed E-state index contributed by atoms with van der Waals surface area (Å²) in [6.45, 7) is 0. The van der Waals surface area contributed by atoms with Crippen molar-refractivity contribution in [2.24, 2.45) is 0 Å². The predicted octanol–water partition coefficient (Wildman–Crippen LogP) is 3.00. The van der Waals surface area contributed by atoms with Crippen LogP contribution in [0.4, 0.5) is 19.0 Å². The summed E-state index contributed by atoms with van der Waals surface area (Å²) in [5.41, 5.74) is 5.46. The number of nitrogens with zero attached hydrogens (tertiary/aromatic N) is 3. The molecule has 3 aromatic rings. The molecule has 2 aromatic heterocycles. The van der Waals surface area contributed by atoms with E-state index in [4.69, 9.17) is 5.73 Å². The molecule has 0 radical (unpaired) electrons. The lowest BCUT2D eigenvalue weighted by Crippen LogP contribution is -2.07. The molecule has 0 saturated heterocycles. The Balaban J connectivity index is 2.23. The quantitative estimate of drug-likeness (QED) is 0.744. The second-order valence-corrected chi connectivity index (χ2v) is 4.22. The van der Waals surface area contributed by atoms with Gasteiger partial charge < -0.3 is 5.73 Å². The van der Waals surface area contributed by atoms with Crippen LogP contribution in [-0.2, 0) is 6.18 Å². The van der Waals surface area contributed by atoms with Crippen LogP contribution in [0.3, 0.4) is 0 Å². The summed E-state index contributed by atoms with van der Waals surface area (Å²) in [5, 5.41) is 0. The number of halogens is 3. The van der Waals surface area contributed by atoms with E-state index in [0.29, 0.717) is 5.65 Å². The maximum Gasteiger partial charge on any atom is 0.417 e. The first kappa shape index (κ1) is 12.5. The Morgan fingerprint density at radius 1 is 1.10 bits per heavy atom. The number of anilines is 1. The van der Waals surface area contributed by atoms with E-state index in [9.17, 15) is 13.2 Å². The van der Waals surface area contributed by atoms with Crippen molar-refractivity contribution in [1.82, 2.24) is 14.4 Å². The molecule has 0 atom stereocenters. The van der Waals surface area contributed by atoms with Crippen LogP contribution in [-0.4, -0.2) is 14.4 Å². The summed E-state index contributed by atoms with van der Waals surface area (Å²) in [6, 6.07) is 6.79. The molecule has 0 saturated carbocycles. The SMILES string of the molecule is Nc1ncn2ccc(-c3ccccc3C(F)(F)F)nc12. The summed E-state index contributed by atoms with van der Waals surface area (Å²) in [7, 11) is 0. The Labute approximate surface area is 111 Å². The molecule has 4 nitrogen and oxygen atoms in total. The van der Waals surface area contributed by atoms with Crippen molar-refractivity contribution in [2.75, 3.05) is 5.73 Å². The van der Waals surface area contributed by atoms with Crippen LogP contribution in [0.5, 0.6) is 0 Å². The van der Waals surface area contributed by atoms with Crippen molar-refractivity contribution in [3.63, 3.8) is 0 Å². The van der Waals surface area contributed by atoms with Gasteiger partial charge in [0.25, 0.3) is 0 Å². The fourth-order valence-corrected chi connectivity index (χ4v) is 2.00. The smallest absolute Gasteiger partial charge is 0.381 e. The molecule has 102 valence electrons. The lowest BCUT2D eigenvalue weighted by molar-refractivity contribution is -0.137. The lowest BCUT2D eigenvalue weighted by Gasteiger charge is -2.12. The Morgan fingerprint density at radius 3 is 2.60 bits per heavy atom. The molecular formula is C13H9F3N4. The molecule has 2 heterocycles. The highest BCUT2D eigenvalue weighted by atomic mass is 19.4. The van der Waals surface area contributed by atoms with E-state index < -0.39 is 11.7 Å². The number of hydrogen-bond donors (Lipinski definition) is 1. The van der Waals surface area contributed by atoms with Gasteiger partial charge in [-0.25, -0.2) is 9.97 Å². The third-order valence-electron chi connectivity index (χ3n) is 2.92. The monoisotopic (exact) mass is 278 g/mol. The van der Waals surface area contributed by atoms with Crippen molar-refractivity contribution in [2.45, 2.75) is 6.18 Å². The van der Waals surface area contributed by atoms with Crippen molar-refractivity contribution >= 4 is 11.5 Å². The predicted molar refractivity (Wildman–Crippen MR) is 67.8 cm³/mol. The number of rotatable bonds is 1. The van der Waals surface area contributed by atoms with Crippen molar-refractivity contribution < 1.29 is 13.2 Å². The normalized spacial score (nSPS) is 11.9. The van der Waals surface area contributed by atoms with E-state index in [0.717, 1.165) is 6.07 Å². The molecule has 0 aliphatic heterocycles. The highest BCUT2D eigenvalue weighted by molar-refractivity contribution is 5.69. The van der Waals surface area contributed by atoms with Crippen LogP contribution in [0.15, 0.2) is 42.9 Å². The second-order valence-electron chi connectivity index (χ2n) is 4.22. The second kappa shape index (κ2) is 4.22. The zero-order chi connectivity index (χ0) is 14.3. The summed E-state index contributed by atoms with van der Waals surface area (Å²) >= 11 is 0. The fourth-order valence-electron chi connectivity index (χ4n) is 2.00. The highest BCUT2D eigenvalue weighted by Crippen LogP contribution is 2.36. The van der Waals surface area contributed by atoms with Crippen LogP contribution in [0.1, 0.15) is 5.56 Å². The summed E-state index contributed by atoms with van der Waals surface area (Å²) in [5.74, 6) is 0.177. The number of hydrogen-bond acceptors (Lipinski definition) is 3. The van der Waals surface area contributed by atoms with Crippen LogP contribution in [0.2, 0.25) is 0 Å². The highest BCUT2D eigenvalue weighted by Gasteiger charge is 2.33. The molecule has 20 heavy (non-hydrogen) atoms. The average molecular weight is 278 g/mol. The number of nitrogen functional groups attached to an aromatic ring is 1. The fraction of sp³-hybridized carbons (Fsp3) is 0.0769. The third kappa shape index (κ3) is 1.97. The van der Waals surface area contributed by atoms with E-state index in [2.05, 4.69) is 9.97 Å². The topological polar surface area (TPSA) is 56.2 Å². The van der Waals surface area contributed by atoms with Crippen LogP contribution < -0.4 is 5.73 Å². The van der Waals surface area contributed by atoms with Gasteiger partial charge in [-0.15, -0.1) is 0 Å². The number of aromatic nitrogens is 3. The van der Waals surface area contributed by atoms with Gasteiger partial charge in [-0.2, -0.15) is 13.2 Å². The molecule has 0 spiro atoms. The van der Waals surface area contributed by atoms with Crippen LogP contribution >= 0.6 is 0 Å². The molecule has 0 unspecified atom stereocenters. The Bertz CT molecular complexity index is 777. The molecular weight excluding hydrogens is 269 g/mol. The number of imidazole rings is 1. The van der Waals surface area contributed by atoms with Crippen molar-refractivity contribution in [3.8, 4) is 11.3 Å². The van der Waals surface area contributed by atoms with Crippen LogP contribution in [0, 0.1) is 0 Å². The molecule has 2 N–H and O–H groups in total. The maximum absolute atomic E-state index is 13.0. The molecule has 0 amide bonds. The number of alkyl halides is 3. The van der Waals surface area contributed by atoms with E-state index in [1.165, 1.54) is 30.6 Å². The zero-order valence-corrected chi connectivity index (χ0v) is 10.1. The number of nitrogens with two attached hydrogens (primary N) is 1. The lowest BCUT2D eigenvalue weighted by atomic mass is 10.0. The van der Waals surface area contributed by atoms with Gasteiger partial charge in [0, 0.05) is 11.8 Å². The van der Waals surface area contributed by atoms with Gasteiger partial charge >= 0.3 is 6.18 Å².